The van der Waals surface area contributed by atoms with E-state index in [1.54, 1.807) is 28.4 Å². The van der Waals surface area contributed by atoms with Gasteiger partial charge in [0.05, 0.1) is 0 Å². The Morgan fingerprint density at radius 3 is 2.70 bits per heavy atom. The SMILES string of the molecule is O=C(NO)c1ccc2ccn(-c3cccc(C4CCNCC4)c3)c(=O)c2c1. The van der Waals surface area contributed by atoms with Gasteiger partial charge in [0.1, 0.15) is 0 Å². The summed E-state index contributed by atoms with van der Waals surface area (Å²) in [5.74, 6) is -0.137. The summed E-state index contributed by atoms with van der Waals surface area (Å²) in [4.78, 5) is 24.7. The van der Waals surface area contributed by atoms with E-state index in [4.69, 9.17) is 5.21 Å². The second-order valence-corrected chi connectivity index (χ2v) is 6.85. The summed E-state index contributed by atoms with van der Waals surface area (Å²) < 4.78 is 1.60. The highest BCUT2D eigenvalue weighted by molar-refractivity contribution is 5.97. The Hall–Kier alpha value is -2.96. The van der Waals surface area contributed by atoms with Gasteiger partial charge in [-0.2, -0.15) is 0 Å². The van der Waals surface area contributed by atoms with Gasteiger partial charge in [0.25, 0.3) is 11.5 Å². The molecule has 6 heteroatoms. The Kier molecular flexibility index (Phi) is 4.75. The normalized spacial score (nSPS) is 15.0. The number of hydroxylamine groups is 1. The van der Waals surface area contributed by atoms with Crippen LogP contribution in [0.4, 0.5) is 0 Å². The lowest BCUT2D eigenvalue weighted by Crippen LogP contribution is -2.26. The molecule has 1 saturated heterocycles. The van der Waals surface area contributed by atoms with E-state index in [0.717, 1.165) is 37.0 Å². The van der Waals surface area contributed by atoms with Gasteiger partial charge >= 0.3 is 0 Å². The number of nitrogens with one attached hydrogen (secondary N) is 2. The van der Waals surface area contributed by atoms with Gasteiger partial charge in [-0.05, 0) is 73.1 Å². The molecule has 0 unspecified atom stereocenters. The van der Waals surface area contributed by atoms with Crippen molar-refractivity contribution in [1.82, 2.24) is 15.4 Å². The quantitative estimate of drug-likeness (QED) is 0.493. The number of pyridine rings is 1. The molecule has 0 atom stereocenters. The second-order valence-electron chi connectivity index (χ2n) is 6.85. The molecule has 1 fully saturated rings. The summed E-state index contributed by atoms with van der Waals surface area (Å²) in [6, 6.07) is 14.8. The van der Waals surface area contributed by atoms with Crippen molar-refractivity contribution >= 4 is 16.7 Å². The molecule has 0 radical (unpaired) electrons. The van der Waals surface area contributed by atoms with E-state index >= 15 is 0 Å². The largest absolute Gasteiger partial charge is 0.317 e. The highest BCUT2D eigenvalue weighted by Crippen LogP contribution is 2.26. The molecule has 1 aromatic heterocycles. The van der Waals surface area contributed by atoms with Gasteiger partial charge in [-0.3, -0.25) is 19.4 Å². The van der Waals surface area contributed by atoms with Gasteiger partial charge in [0.2, 0.25) is 0 Å². The van der Waals surface area contributed by atoms with Crippen molar-refractivity contribution in [3.63, 3.8) is 0 Å². The van der Waals surface area contributed by atoms with Crippen LogP contribution in [0.2, 0.25) is 0 Å². The first-order valence-electron chi connectivity index (χ1n) is 9.08. The van der Waals surface area contributed by atoms with Crippen LogP contribution in [0.5, 0.6) is 0 Å². The Morgan fingerprint density at radius 1 is 1.11 bits per heavy atom. The van der Waals surface area contributed by atoms with Crippen molar-refractivity contribution in [2.45, 2.75) is 18.8 Å². The molecule has 6 nitrogen and oxygen atoms in total. The van der Waals surface area contributed by atoms with Crippen LogP contribution in [0.3, 0.4) is 0 Å². The van der Waals surface area contributed by atoms with Crippen LogP contribution in [0.25, 0.3) is 16.5 Å². The third kappa shape index (κ3) is 3.37. The summed E-state index contributed by atoms with van der Waals surface area (Å²) in [5, 5.41) is 13.4. The molecular weight excluding hydrogens is 342 g/mol. The number of hydrogen-bond donors (Lipinski definition) is 3. The average molecular weight is 363 g/mol. The maximum Gasteiger partial charge on any atom is 0.274 e. The van der Waals surface area contributed by atoms with Crippen LogP contribution in [-0.4, -0.2) is 28.8 Å². The van der Waals surface area contributed by atoms with E-state index in [0.29, 0.717) is 11.3 Å². The monoisotopic (exact) mass is 363 g/mol. The molecule has 0 bridgehead atoms. The molecule has 1 aliphatic heterocycles. The number of rotatable bonds is 3. The number of aromatic nitrogens is 1. The number of amides is 1. The van der Waals surface area contributed by atoms with Gasteiger partial charge < -0.3 is 5.32 Å². The highest BCUT2D eigenvalue weighted by atomic mass is 16.5. The fraction of sp³-hybridized carbons (Fsp3) is 0.238. The number of hydrogen-bond acceptors (Lipinski definition) is 4. The van der Waals surface area contributed by atoms with Crippen molar-refractivity contribution in [2.75, 3.05) is 13.1 Å². The third-order valence-corrected chi connectivity index (χ3v) is 5.23. The van der Waals surface area contributed by atoms with E-state index < -0.39 is 5.91 Å². The molecule has 3 N–H and O–H groups in total. The first-order chi connectivity index (χ1) is 13.2. The van der Waals surface area contributed by atoms with Crippen LogP contribution in [-0.2, 0) is 0 Å². The van der Waals surface area contributed by atoms with Crippen LogP contribution in [0.1, 0.15) is 34.7 Å². The molecule has 4 rings (SSSR count). The predicted molar refractivity (Wildman–Crippen MR) is 104 cm³/mol. The highest BCUT2D eigenvalue weighted by Gasteiger charge is 2.16. The Morgan fingerprint density at radius 2 is 1.93 bits per heavy atom. The van der Waals surface area contributed by atoms with Gasteiger partial charge in [0.15, 0.2) is 0 Å². The average Bonchev–Trinajstić information content (AvgIpc) is 2.74. The smallest absolute Gasteiger partial charge is 0.274 e. The summed E-state index contributed by atoms with van der Waals surface area (Å²) in [6.07, 6.45) is 3.95. The van der Waals surface area contributed by atoms with E-state index in [-0.39, 0.29) is 11.1 Å². The van der Waals surface area contributed by atoms with E-state index in [1.165, 1.54) is 11.6 Å². The van der Waals surface area contributed by atoms with E-state index in [9.17, 15) is 9.59 Å². The molecular formula is C21H21N3O3. The Labute approximate surface area is 156 Å². The summed E-state index contributed by atoms with van der Waals surface area (Å²) in [7, 11) is 0. The fourth-order valence-electron chi connectivity index (χ4n) is 3.73. The van der Waals surface area contributed by atoms with Crippen molar-refractivity contribution in [3.05, 3.63) is 76.2 Å². The fourth-order valence-corrected chi connectivity index (χ4v) is 3.73. The first-order valence-corrected chi connectivity index (χ1v) is 9.08. The van der Waals surface area contributed by atoms with Crippen LogP contribution < -0.4 is 16.4 Å². The van der Waals surface area contributed by atoms with Crippen molar-refractivity contribution in [2.24, 2.45) is 0 Å². The molecule has 1 amide bonds. The standard InChI is InChI=1S/C21H21N3O3/c25-20(23-27)17-5-4-15-8-11-24(21(26)19(15)13-17)18-3-1-2-16(12-18)14-6-9-22-10-7-14/h1-5,8,11-14,22,27H,6-7,9-10H2,(H,23,25). The minimum Gasteiger partial charge on any atom is -0.317 e. The van der Waals surface area contributed by atoms with Crippen LogP contribution in [0.15, 0.2) is 59.5 Å². The molecule has 3 aromatic rings. The number of nitrogens with zero attached hydrogens (tertiary/aromatic N) is 1. The molecule has 0 spiro atoms. The number of fused-ring (bicyclic) bond motifs is 1. The van der Waals surface area contributed by atoms with Gasteiger partial charge in [-0.25, -0.2) is 5.48 Å². The number of benzene rings is 2. The molecule has 138 valence electrons. The molecule has 2 heterocycles. The van der Waals surface area contributed by atoms with Crippen molar-refractivity contribution in [1.29, 1.82) is 0 Å². The number of carbonyl (C=O) groups is 1. The topological polar surface area (TPSA) is 83.4 Å². The molecule has 1 aliphatic rings. The van der Waals surface area contributed by atoms with Gasteiger partial charge in [0, 0.05) is 22.8 Å². The maximum atomic E-state index is 13.0. The number of carbonyl (C=O) groups excluding carboxylic acids is 1. The molecule has 0 saturated carbocycles. The third-order valence-electron chi connectivity index (χ3n) is 5.23. The van der Waals surface area contributed by atoms with Crippen LogP contribution in [0, 0.1) is 0 Å². The maximum absolute atomic E-state index is 13.0. The lowest BCUT2D eigenvalue weighted by atomic mass is 9.90. The van der Waals surface area contributed by atoms with Crippen molar-refractivity contribution in [3.8, 4) is 5.69 Å². The Bertz CT molecular complexity index is 1050. The second kappa shape index (κ2) is 7.34. The molecule has 27 heavy (non-hydrogen) atoms. The Balaban J connectivity index is 1.78. The lowest BCUT2D eigenvalue weighted by molar-refractivity contribution is 0.0706. The summed E-state index contributed by atoms with van der Waals surface area (Å²) in [6.45, 7) is 2.03. The summed E-state index contributed by atoms with van der Waals surface area (Å²) >= 11 is 0. The zero-order valence-electron chi connectivity index (χ0n) is 14.8. The van der Waals surface area contributed by atoms with E-state index in [2.05, 4.69) is 17.4 Å². The minimum atomic E-state index is -0.639. The van der Waals surface area contributed by atoms with E-state index in [1.807, 2.05) is 18.2 Å². The first kappa shape index (κ1) is 17.5. The molecule has 2 aromatic carbocycles. The summed E-state index contributed by atoms with van der Waals surface area (Å²) in [5.41, 5.74) is 3.71. The zero-order valence-corrected chi connectivity index (χ0v) is 14.8. The zero-order chi connectivity index (χ0) is 18.8. The number of piperidine rings is 1. The van der Waals surface area contributed by atoms with Gasteiger partial charge in [-0.1, -0.05) is 18.2 Å². The van der Waals surface area contributed by atoms with Crippen LogP contribution >= 0.6 is 0 Å². The lowest BCUT2D eigenvalue weighted by Gasteiger charge is -2.23. The van der Waals surface area contributed by atoms with Crippen molar-refractivity contribution < 1.29 is 10.0 Å². The van der Waals surface area contributed by atoms with Gasteiger partial charge in [-0.15, -0.1) is 0 Å². The minimum absolute atomic E-state index is 0.192. The molecule has 0 aliphatic carbocycles. The predicted octanol–water partition coefficient (Wildman–Crippen LogP) is 2.58.